The molecule has 0 aliphatic carbocycles. The summed E-state index contributed by atoms with van der Waals surface area (Å²) in [5, 5.41) is 17.6. The molecule has 2 N–H and O–H groups in total. The number of carbonyl (C=O) groups excluding carboxylic acids is 1. The van der Waals surface area contributed by atoms with E-state index in [1.54, 1.807) is 6.92 Å². The number of hydrogen-bond acceptors (Lipinski definition) is 4. The van der Waals surface area contributed by atoms with Crippen molar-refractivity contribution >= 4 is 18.6 Å². The second-order valence-corrected chi connectivity index (χ2v) is 3.11. The molecule has 0 fully saturated rings. The van der Waals surface area contributed by atoms with Crippen LogP contribution in [-0.2, 0) is 4.79 Å². The van der Waals surface area contributed by atoms with Gasteiger partial charge in [-0.2, -0.15) is 0 Å². The minimum atomic E-state index is -1.52. The van der Waals surface area contributed by atoms with Crippen molar-refractivity contribution in [2.45, 2.75) is 6.92 Å². The Balaban J connectivity index is 2.73. The molecule has 0 radical (unpaired) electrons. The zero-order valence-corrected chi connectivity index (χ0v) is 8.30. The fraction of sp³-hybridized carbons (Fsp3) is 0.100. The molecule has 1 aromatic rings. The van der Waals surface area contributed by atoms with Crippen LogP contribution in [0.15, 0.2) is 36.4 Å². The van der Waals surface area contributed by atoms with Crippen LogP contribution in [0, 0.1) is 0 Å². The number of benzene rings is 1. The Kier molecular flexibility index (Phi) is 3.65. The van der Waals surface area contributed by atoms with E-state index in [0.717, 1.165) is 0 Å². The van der Waals surface area contributed by atoms with Crippen LogP contribution >= 0.6 is 0 Å². The van der Waals surface area contributed by atoms with E-state index in [4.69, 9.17) is 14.8 Å². The lowest BCUT2D eigenvalue weighted by Crippen LogP contribution is -2.29. The van der Waals surface area contributed by atoms with E-state index in [1.807, 2.05) is 0 Å². The van der Waals surface area contributed by atoms with Crippen LogP contribution in [0.2, 0.25) is 0 Å². The average molecular weight is 206 g/mol. The van der Waals surface area contributed by atoms with Crippen molar-refractivity contribution in [1.82, 2.24) is 0 Å². The normalized spacial score (nSPS) is 9.53. The fourth-order valence-corrected chi connectivity index (χ4v) is 0.902. The zero-order valence-electron chi connectivity index (χ0n) is 8.30. The molecule has 0 aliphatic heterocycles. The SMILES string of the molecule is C=C(C)C(=O)Oc1ccc(B(O)O)cc1. The molecule has 0 aliphatic rings. The van der Waals surface area contributed by atoms with E-state index < -0.39 is 13.1 Å². The Labute approximate surface area is 88.0 Å². The molecule has 0 saturated heterocycles. The van der Waals surface area contributed by atoms with Crippen molar-refractivity contribution in [3.8, 4) is 5.75 Å². The Morgan fingerprint density at radius 3 is 2.27 bits per heavy atom. The summed E-state index contributed by atoms with van der Waals surface area (Å²) in [6.07, 6.45) is 0. The third-order valence-electron chi connectivity index (χ3n) is 1.74. The lowest BCUT2D eigenvalue weighted by Gasteiger charge is -2.04. The molecule has 0 atom stereocenters. The second-order valence-electron chi connectivity index (χ2n) is 3.11. The lowest BCUT2D eigenvalue weighted by molar-refractivity contribution is -0.130. The summed E-state index contributed by atoms with van der Waals surface area (Å²) in [5.41, 5.74) is 0.645. The van der Waals surface area contributed by atoms with Gasteiger partial charge in [-0.25, -0.2) is 4.79 Å². The van der Waals surface area contributed by atoms with Gasteiger partial charge in [-0.3, -0.25) is 0 Å². The van der Waals surface area contributed by atoms with Gasteiger partial charge < -0.3 is 14.8 Å². The molecule has 0 heterocycles. The van der Waals surface area contributed by atoms with Crippen LogP contribution in [0.5, 0.6) is 5.75 Å². The molecule has 1 rings (SSSR count). The molecule has 15 heavy (non-hydrogen) atoms. The molecule has 0 amide bonds. The highest BCUT2D eigenvalue weighted by molar-refractivity contribution is 6.58. The smallest absolute Gasteiger partial charge is 0.423 e. The van der Waals surface area contributed by atoms with E-state index in [1.165, 1.54) is 24.3 Å². The third kappa shape index (κ3) is 3.23. The number of ether oxygens (including phenoxy) is 1. The molecular weight excluding hydrogens is 195 g/mol. The van der Waals surface area contributed by atoms with E-state index >= 15 is 0 Å². The lowest BCUT2D eigenvalue weighted by atomic mass is 9.80. The zero-order chi connectivity index (χ0) is 11.4. The van der Waals surface area contributed by atoms with Gasteiger partial charge in [0.05, 0.1) is 0 Å². The average Bonchev–Trinajstić information content (AvgIpc) is 2.18. The van der Waals surface area contributed by atoms with Crippen molar-refractivity contribution in [2.75, 3.05) is 0 Å². The van der Waals surface area contributed by atoms with Gasteiger partial charge in [0, 0.05) is 5.57 Å². The van der Waals surface area contributed by atoms with Crippen LogP contribution in [0.1, 0.15) is 6.92 Å². The Bertz CT molecular complexity index is 370. The Morgan fingerprint density at radius 2 is 1.87 bits per heavy atom. The van der Waals surface area contributed by atoms with Crippen LogP contribution in [0.3, 0.4) is 0 Å². The number of hydrogen-bond donors (Lipinski definition) is 2. The molecule has 0 unspecified atom stereocenters. The predicted molar refractivity (Wildman–Crippen MR) is 56.7 cm³/mol. The maximum atomic E-state index is 11.1. The Morgan fingerprint density at radius 1 is 1.33 bits per heavy atom. The molecule has 78 valence electrons. The molecule has 5 heteroatoms. The summed E-state index contributed by atoms with van der Waals surface area (Å²) >= 11 is 0. The van der Waals surface area contributed by atoms with Gasteiger partial charge in [-0.1, -0.05) is 18.7 Å². The summed E-state index contributed by atoms with van der Waals surface area (Å²) in [5.74, 6) is -0.167. The molecule has 4 nitrogen and oxygen atoms in total. The van der Waals surface area contributed by atoms with Crippen LogP contribution in [-0.4, -0.2) is 23.1 Å². The summed E-state index contributed by atoms with van der Waals surface area (Å²) in [4.78, 5) is 11.1. The van der Waals surface area contributed by atoms with Crippen molar-refractivity contribution in [3.63, 3.8) is 0 Å². The van der Waals surface area contributed by atoms with Crippen molar-refractivity contribution in [2.24, 2.45) is 0 Å². The first-order valence-corrected chi connectivity index (χ1v) is 4.34. The maximum Gasteiger partial charge on any atom is 0.488 e. The maximum absolute atomic E-state index is 11.1. The molecule has 0 spiro atoms. The highest BCUT2D eigenvalue weighted by atomic mass is 16.5. The molecule has 1 aromatic carbocycles. The van der Waals surface area contributed by atoms with Gasteiger partial charge in [0.2, 0.25) is 0 Å². The van der Waals surface area contributed by atoms with Crippen LogP contribution in [0.4, 0.5) is 0 Å². The van der Waals surface area contributed by atoms with E-state index in [9.17, 15) is 4.79 Å². The van der Waals surface area contributed by atoms with Crippen LogP contribution in [0.25, 0.3) is 0 Å². The Hall–Kier alpha value is -1.59. The van der Waals surface area contributed by atoms with Gasteiger partial charge in [0.1, 0.15) is 5.75 Å². The summed E-state index contributed by atoms with van der Waals surface area (Å²) in [6, 6.07) is 5.89. The summed E-state index contributed by atoms with van der Waals surface area (Å²) in [7, 11) is -1.52. The third-order valence-corrected chi connectivity index (χ3v) is 1.74. The summed E-state index contributed by atoms with van der Waals surface area (Å²) < 4.78 is 4.91. The summed E-state index contributed by atoms with van der Waals surface area (Å²) in [6.45, 7) is 4.99. The number of rotatable bonds is 3. The topological polar surface area (TPSA) is 66.8 Å². The largest absolute Gasteiger partial charge is 0.488 e. The van der Waals surface area contributed by atoms with Gasteiger partial charge in [0.15, 0.2) is 0 Å². The van der Waals surface area contributed by atoms with Gasteiger partial charge in [-0.15, -0.1) is 0 Å². The first-order valence-electron chi connectivity index (χ1n) is 4.34. The van der Waals surface area contributed by atoms with Crippen molar-refractivity contribution in [1.29, 1.82) is 0 Å². The first-order chi connectivity index (χ1) is 7.00. The van der Waals surface area contributed by atoms with Crippen molar-refractivity contribution < 1.29 is 19.6 Å². The predicted octanol–water partition coefficient (Wildman–Crippen LogP) is -0.152. The highest BCUT2D eigenvalue weighted by Gasteiger charge is 2.11. The fourth-order valence-electron chi connectivity index (χ4n) is 0.902. The van der Waals surface area contributed by atoms with Crippen molar-refractivity contribution in [3.05, 3.63) is 36.4 Å². The quantitative estimate of drug-likeness (QED) is 0.312. The van der Waals surface area contributed by atoms with Gasteiger partial charge in [-0.05, 0) is 24.5 Å². The van der Waals surface area contributed by atoms with E-state index in [-0.39, 0.29) is 0 Å². The van der Waals surface area contributed by atoms with E-state index in [2.05, 4.69) is 6.58 Å². The van der Waals surface area contributed by atoms with Crippen LogP contribution < -0.4 is 10.2 Å². The minimum Gasteiger partial charge on any atom is -0.423 e. The first kappa shape index (κ1) is 11.5. The van der Waals surface area contributed by atoms with E-state index in [0.29, 0.717) is 16.8 Å². The number of esters is 1. The molecule has 0 saturated carbocycles. The number of carbonyl (C=O) groups is 1. The molecular formula is C10H11BO4. The highest BCUT2D eigenvalue weighted by Crippen LogP contribution is 2.09. The standard InChI is InChI=1S/C10H11BO4/c1-7(2)10(12)15-9-5-3-8(4-6-9)11(13)14/h3-6,13-14H,1H2,2H3. The molecule has 0 aromatic heterocycles. The second kappa shape index (κ2) is 4.77. The minimum absolute atomic E-state index is 0.307. The van der Waals surface area contributed by atoms with Gasteiger partial charge in [0.25, 0.3) is 0 Å². The molecule has 0 bridgehead atoms. The van der Waals surface area contributed by atoms with Gasteiger partial charge >= 0.3 is 13.1 Å². The monoisotopic (exact) mass is 206 g/mol.